The quantitative estimate of drug-likeness (QED) is 0.864. The number of alkyl carbamates (subject to hydrolysis) is 1. The monoisotopic (exact) mass is 334 g/mol. The van der Waals surface area contributed by atoms with E-state index >= 15 is 0 Å². The van der Waals surface area contributed by atoms with Crippen LogP contribution in [0.3, 0.4) is 0 Å². The molecule has 2 rings (SSSR count). The van der Waals surface area contributed by atoms with Gasteiger partial charge in [-0.15, -0.1) is 0 Å². The van der Waals surface area contributed by atoms with Crippen LogP contribution in [0.4, 0.5) is 10.5 Å². The number of benzene rings is 1. The summed E-state index contributed by atoms with van der Waals surface area (Å²) in [5.74, 6) is 0.864. The van der Waals surface area contributed by atoms with Gasteiger partial charge in [0.05, 0.1) is 7.11 Å². The zero-order valence-corrected chi connectivity index (χ0v) is 15.4. The Balaban J connectivity index is 1.82. The minimum absolute atomic E-state index is 0.198. The molecule has 1 aliphatic carbocycles. The lowest BCUT2D eigenvalue weighted by molar-refractivity contribution is 0.0492. The number of carbonyl (C=O) groups is 1. The Bertz CT molecular complexity index is 558. The molecular formula is C19H30N2O3. The number of hydrogen-bond donors (Lipinski definition) is 2. The summed E-state index contributed by atoms with van der Waals surface area (Å²) in [6.07, 6.45) is 3.65. The molecule has 0 saturated heterocycles. The molecular weight excluding hydrogens is 304 g/mol. The van der Waals surface area contributed by atoms with Crippen molar-refractivity contribution in [2.45, 2.75) is 71.1 Å². The molecule has 0 bridgehead atoms. The van der Waals surface area contributed by atoms with Crippen LogP contribution in [-0.2, 0) is 4.74 Å². The Hall–Kier alpha value is -1.91. The number of nitrogens with one attached hydrogen (secondary N) is 2. The van der Waals surface area contributed by atoms with Crippen molar-refractivity contribution in [2.24, 2.45) is 0 Å². The van der Waals surface area contributed by atoms with Crippen molar-refractivity contribution in [3.05, 3.63) is 23.8 Å². The van der Waals surface area contributed by atoms with E-state index in [1.807, 2.05) is 32.9 Å². The smallest absolute Gasteiger partial charge is 0.407 e. The van der Waals surface area contributed by atoms with E-state index in [-0.39, 0.29) is 12.1 Å². The highest BCUT2D eigenvalue weighted by Gasteiger charge is 2.25. The van der Waals surface area contributed by atoms with Gasteiger partial charge in [-0.1, -0.05) is 6.07 Å². The lowest BCUT2D eigenvalue weighted by Crippen LogP contribution is -2.42. The molecule has 1 fully saturated rings. The van der Waals surface area contributed by atoms with Gasteiger partial charge in [0.1, 0.15) is 11.4 Å². The van der Waals surface area contributed by atoms with Crippen LogP contribution in [0.2, 0.25) is 0 Å². The van der Waals surface area contributed by atoms with Crippen LogP contribution >= 0.6 is 0 Å². The molecule has 0 spiro atoms. The van der Waals surface area contributed by atoms with Gasteiger partial charge in [0.25, 0.3) is 0 Å². The molecule has 0 aliphatic heterocycles. The highest BCUT2D eigenvalue weighted by Crippen LogP contribution is 2.27. The average Bonchev–Trinajstić information content (AvgIpc) is 2.49. The third-order valence-corrected chi connectivity index (χ3v) is 4.25. The fourth-order valence-electron chi connectivity index (χ4n) is 2.96. The van der Waals surface area contributed by atoms with Crippen LogP contribution in [0.1, 0.15) is 52.0 Å². The minimum Gasteiger partial charge on any atom is -0.497 e. The molecule has 0 aromatic heterocycles. The largest absolute Gasteiger partial charge is 0.497 e. The van der Waals surface area contributed by atoms with E-state index in [9.17, 15) is 4.79 Å². The van der Waals surface area contributed by atoms with Gasteiger partial charge in [-0.3, -0.25) is 0 Å². The van der Waals surface area contributed by atoms with E-state index in [4.69, 9.17) is 9.47 Å². The molecule has 0 heterocycles. The Morgan fingerprint density at radius 3 is 2.33 bits per heavy atom. The second kappa shape index (κ2) is 7.77. The Morgan fingerprint density at radius 2 is 1.75 bits per heavy atom. The number of rotatable bonds is 4. The zero-order chi connectivity index (χ0) is 17.7. The Morgan fingerprint density at radius 1 is 1.12 bits per heavy atom. The van der Waals surface area contributed by atoms with Crippen molar-refractivity contribution in [2.75, 3.05) is 12.4 Å². The van der Waals surface area contributed by atoms with Gasteiger partial charge >= 0.3 is 6.09 Å². The van der Waals surface area contributed by atoms with Gasteiger partial charge < -0.3 is 20.1 Å². The van der Waals surface area contributed by atoms with Gasteiger partial charge in [0.15, 0.2) is 0 Å². The lowest BCUT2D eigenvalue weighted by atomic mass is 9.91. The first-order chi connectivity index (χ1) is 11.3. The zero-order valence-electron chi connectivity index (χ0n) is 15.4. The van der Waals surface area contributed by atoms with E-state index < -0.39 is 5.60 Å². The minimum atomic E-state index is -0.452. The molecule has 24 heavy (non-hydrogen) atoms. The van der Waals surface area contributed by atoms with Gasteiger partial charge in [-0.05, 0) is 65.0 Å². The summed E-state index contributed by atoms with van der Waals surface area (Å²) in [7, 11) is 1.68. The van der Waals surface area contributed by atoms with Crippen LogP contribution in [0, 0.1) is 6.92 Å². The SMILES string of the molecule is COc1ccc(C)c(NC2CCC(NC(=O)OC(C)(C)C)CC2)c1. The summed E-state index contributed by atoms with van der Waals surface area (Å²) in [6.45, 7) is 7.73. The number of aryl methyl sites for hydroxylation is 1. The Kier molecular flexibility index (Phi) is 5.97. The van der Waals surface area contributed by atoms with E-state index in [0.29, 0.717) is 6.04 Å². The Labute approximate surface area is 145 Å². The van der Waals surface area contributed by atoms with Crippen LogP contribution in [-0.4, -0.2) is 30.9 Å². The van der Waals surface area contributed by atoms with Crippen LogP contribution < -0.4 is 15.4 Å². The third-order valence-electron chi connectivity index (χ3n) is 4.25. The number of carbonyl (C=O) groups excluding carboxylic acids is 1. The van der Waals surface area contributed by atoms with Crippen molar-refractivity contribution in [1.29, 1.82) is 0 Å². The predicted octanol–water partition coefficient (Wildman–Crippen LogP) is 4.25. The summed E-state index contributed by atoms with van der Waals surface area (Å²) < 4.78 is 10.6. The number of hydrogen-bond acceptors (Lipinski definition) is 4. The topological polar surface area (TPSA) is 59.6 Å². The van der Waals surface area contributed by atoms with Gasteiger partial charge in [0, 0.05) is 23.8 Å². The second-order valence-corrected chi connectivity index (χ2v) is 7.52. The first kappa shape index (κ1) is 18.4. The fraction of sp³-hybridized carbons (Fsp3) is 0.632. The predicted molar refractivity (Wildman–Crippen MR) is 96.8 cm³/mol. The van der Waals surface area contributed by atoms with Crippen molar-refractivity contribution < 1.29 is 14.3 Å². The van der Waals surface area contributed by atoms with E-state index in [1.165, 1.54) is 5.56 Å². The van der Waals surface area contributed by atoms with Crippen LogP contribution in [0.25, 0.3) is 0 Å². The summed E-state index contributed by atoms with van der Waals surface area (Å²) >= 11 is 0. The molecule has 0 radical (unpaired) electrons. The molecule has 1 aromatic rings. The first-order valence-corrected chi connectivity index (χ1v) is 8.67. The summed E-state index contributed by atoms with van der Waals surface area (Å²) in [5.41, 5.74) is 1.88. The second-order valence-electron chi connectivity index (χ2n) is 7.52. The van der Waals surface area contributed by atoms with Crippen molar-refractivity contribution >= 4 is 11.8 Å². The molecule has 1 aromatic carbocycles. The number of anilines is 1. The van der Waals surface area contributed by atoms with Crippen LogP contribution in [0.5, 0.6) is 5.75 Å². The number of ether oxygens (including phenoxy) is 2. The van der Waals surface area contributed by atoms with E-state index in [0.717, 1.165) is 37.1 Å². The van der Waals surface area contributed by atoms with Crippen molar-refractivity contribution in [3.8, 4) is 5.75 Å². The standard InChI is InChI=1S/C19H30N2O3/c1-13-6-11-16(23-5)12-17(13)20-14-7-9-15(10-8-14)21-18(22)24-19(2,3)4/h6,11-12,14-15,20H,7-10H2,1-5H3,(H,21,22). The average molecular weight is 334 g/mol. The van der Waals surface area contributed by atoms with E-state index in [2.05, 4.69) is 23.6 Å². The molecule has 0 unspecified atom stereocenters. The third kappa shape index (κ3) is 5.62. The molecule has 5 heteroatoms. The van der Waals surface area contributed by atoms with Gasteiger partial charge in [-0.2, -0.15) is 0 Å². The molecule has 2 N–H and O–H groups in total. The van der Waals surface area contributed by atoms with Crippen LogP contribution in [0.15, 0.2) is 18.2 Å². The summed E-state index contributed by atoms with van der Waals surface area (Å²) in [4.78, 5) is 11.9. The highest BCUT2D eigenvalue weighted by molar-refractivity contribution is 5.68. The maximum Gasteiger partial charge on any atom is 0.407 e. The lowest BCUT2D eigenvalue weighted by Gasteiger charge is -2.31. The number of methoxy groups -OCH3 is 1. The molecule has 1 aliphatic rings. The maximum atomic E-state index is 11.9. The maximum absolute atomic E-state index is 11.9. The molecule has 1 amide bonds. The highest BCUT2D eigenvalue weighted by atomic mass is 16.6. The fourth-order valence-corrected chi connectivity index (χ4v) is 2.96. The molecule has 5 nitrogen and oxygen atoms in total. The van der Waals surface area contributed by atoms with Crippen molar-refractivity contribution in [1.82, 2.24) is 5.32 Å². The number of amides is 1. The summed E-state index contributed by atoms with van der Waals surface area (Å²) in [6, 6.07) is 6.70. The molecule has 134 valence electrons. The van der Waals surface area contributed by atoms with Gasteiger partial charge in [-0.25, -0.2) is 4.79 Å². The van der Waals surface area contributed by atoms with Gasteiger partial charge in [0.2, 0.25) is 0 Å². The first-order valence-electron chi connectivity index (χ1n) is 8.67. The van der Waals surface area contributed by atoms with Crippen molar-refractivity contribution in [3.63, 3.8) is 0 Å². The summed E-state index contributed by atoms with van der Waals surface area (Å²) in [5, 5.41) is 6.59. The molecule has 1 saturated carbocycles. The molecule has 0 atom stereocenters. The normalized spacial score (nSPS) is 21.0. The van der Waals surface area contributed by atoms with E-state index in [1.54, 1.807) is 7.11 Å².